The van der Waals surface area contributed by atoms with Crippen LogP contribution in [0.3, 0.4) is 0 Å². The van der Waals surface area contributed by atoms with Crippen molar-refractivity contribution < 1.29 is 9.47 Å². The lowest BCUT2D eigenvalue weighted by Gasteiger charge is -2.10. The zero-order chi connectivity index (χ0) is 11.4. The van der Waals surface area contributed by atoms with Gasteiger partial charge >= 0.3 is 0 Å². The first-order valence-electron chi connectivity index (χ1n) is 4.89. The molecule has 0 aliphatic heterocycles. The number of hydrogen-bond donors (Lipinski definition) is 0. The van der Waals surface area contributed by atoms with E-state index in [0.717, 1.165) is 22.6 Å². The molecular formula is C13H12NO2. The number of hydrogen-bond acceptors (Lipinski definition) is 3. The van der Waals surface area contributed by atoms with Crippen LogP contribution >= 0.6 is 0 Å². The van der Waals surface area contributed by atoms with Crippen LogP contribution in [0.2, 0.25) is 0 Å². The highest BCUT2D eigenvalue weighted by atomic mass is 16.5. The van der Waals surface area contributed by atoms with Crippen LogP contribution < -0.4 is 9.47 Å². The molecule has 0 unspecified atom stereocenters. The van der Waals surface area contributed by atoms with E-state index in [4.69, 9.17) is 9.47 Å². The lowest BCUT2D eigenvalue weighted by Crippen LogP contribution is -1.92. The predicted octanol–water partition coefficient (Wildman–Crippen LogP) is 2.57. The minimum absolute atomic E-state index is 0.758. The van der Waals surface area contributed by atoms with Gasteiger partial charge in [0.15, 0.2) is 0 Å². The average molecular weight is 214 g/mol. The summed E-state index contributed by atoms with van der Waals surface area (Å²) in [6.45, 7) is 0. The Morgan fingerprint density at radius 1 is 1.06 bits per heavy atom. The van der Waals surface area contributed by atoms with E-state index in [0.29, 0.717) is 0 Å². The Bertz CT molecular complexity index is 437. The van der Waals surface area contributed by atoms with Crippen molar-refractivity contribution in [3.8, 4) is 22.6 Å². The molecule has 3 nitrogen and oxygen atoms in total. The maximum Gasteiger partial charge on any atom is 0.129 e. The van der Waals surface area contributed by atoms with Crippen molar-refractivity contribution in [2.45, 2.75) is 0 Å². The van der Waals surface area contributed by atoms with Crippen molar-refractivity contribution >= 4 is 0 Å². The summed E-state index contributed by atoms with van der Waals surface area (Å²) >= 11 is 0. The highest BCUT2D eigenvalue weighted by Gasteiger charge is 2.09. The Labute approximate surface area is 94.7 Å². The molecule has 0 amide bonds. The lowest BCUT2D eigenvalue weighted by atomic mass is 10.1. The highest BCUT2D eigenvalue weighted by Crippen LogP contribution is 2.34. The number of aromatic nitrogens is 1. The molecule has 2 aromatic rings. The lowest BCUT2D eigenvalue weighted by molar-refractivity contribution is 0.410. The van der Waals surface area contributed by atoms with Crippen molar-refractivity contribution in [2.24, 2.45) is 0 Å². The van der Waals surface area contributed by atoms with Crippen molar-refractivity contribution in [3.05, 3.63) is 42.7 Å². The van der Waals surface area contributed by atoms with Gasteiger partial charge in [0.1, 0.15) is 11.5 Å². The largest absolute Gasteiger partial charge is 0.496 e. The minimum Gasteiger partial charge on any atom is -0.496 e. The second-order valence-corrected chi connectivity index (χ2v) is 3.20. The van der Waals surface area contributed by atoms with E-state index in [9.17, 15) is 0 Å². The maximum absolute atomic E-state index is 5.29. The van der Waals surface area contributed by atoms with Gasteiger partial charge in [-0.1, -0.05) is 6.07 Å². The molecule has 0 spiro atoms. The van der Waals surface area contributed by atoms with Crippen LogP contribution in [-0.4, -0.2) is 19.2 Å². The summed E-state index contributed by atoms with van der Waals surface area (Å²) in [6, 6.07) is 10.4. The van der Waals surface area contributed by atoms with Crippen LogP contribution in [0.4, 0.5) is 0 Å². The Hall–Kier alpha value is -2.03. The first-order chi connectivity index (χ1) is 7.86. The standard InChI is InChI=1S/C13H12NO2/c1-15-12-6-4-3-5-10(12)11-9-14-8-7-13(11)16-2/h3,5-9H,1-2H3. The summed E-state index contributed by atoms with van der Waals surface area (Å²) in [7, 11) is 3.27. The van der Waals surface area contributed by atoms with Gasteiger partial charge in [-0.15, -0.1) is 0 Å². The summed E-state index contributed by atoms with van der Waals surface area (Å²) in [5, 5.41) is 0. The maximum atomic E-state index is 5.29. The van der Waals surface area contributed by atoms with Gasteiger partial charge in [-0.2, -0.15) is 0 Å². The summed E-state index contributed by atoms with van der Waals surface area (Å²) < 4.78 is 10.6. The van der Waals surface area contributed by atoms with Crippen LogP contribution in [0, 0.1) is 6.07 Å². The summed E-state index contributed by atoms with van der Waals surface area (Å²) in [5.74, 6) is 1.54. The zero-order valence-electron chi connectivity index (χ0n) is 9.23. The van der Waals surface area contributed by atoms with Gasteiger partial charge in [-0.05, 0) is 24.3 Å². The monoisotopic (exact) mass is 214 g/mol. The Balaban J connectivity index is 2.58. The minimum atomic E-state index is 0.758. The predicted molar refractivity (Wildman–Crippen MR) is 61.6 cm³/mol. The fraction of sp³-hybridized carbons (Fsp3) is 0.154. The number of benzene rings is 1. The molecule has 2 rings (SSSR count). The number of ether oxygens (including phenoxy) is 2. The van der Waals surface area contributed by atoms with Gasteiger partial charge in [0, 0.05) is 23.5 Å². The van der Waals surface area contributed by atoms with E-state index in [-0.39, 0.29) is 0 Å². The second-order valence-electron chi connectivity index (χ2n) is 3.20. The van der Waals surface area contributed by atoms with Gasteiger partial charge < -0.3 is 9.47 Å². The highest BCUT2D eigenvalue weighted by molar-refractivity contribution is 5.74. The van der Waals surface area contributed by atoms with Crippen LogP contribution in [0.1, 0.15) is 0 Å². The van der Waals surface area contributed by atoms with Crippen molar-refractivity contribution in [2.75, 3.05) is 14.2 Å². The fourth-order valence-electron chi connectivity index (χ4n) is 1.57. The van der Waals surface area contributed by atoms with Crippen LogP contribution in [-0.2, 0) is 0 Å². The number of nitrogens with zero attached hydrogens (tertiary/aromatic N) is 1. The third-order valence-corrected chi connectivity index (χ3v) is 2.34. The molecule has 0 aliphatic rings. The van der Waals surface area contributed by atoms with Crippen molar-refractivity contribution in [3.63, 3.8) is 0 Å². The smallest absolute Gasteiger partial charge is 0.129 e. The van der Waals surface area contributed by atoms with E-state index < -0.39 is 0 Å². The quantitative estimate of drug-likeness (QED) is 0.786. The number of methoxy groups -OCH3 is 2. The van der Waals surface area contributed by atoms with E-state index in [1.165, 1.54) is 0 Å². The molecule has 0 N–H and O–H groups in total. The molecule has 0 atom stereocenters. The molecule has 0 saturated carbocycles. The molecule has 0 saturated heterocycles. The van der Waals surface area contributed by atoms with Gasteiger partial charge in [-0.25, -0.2) is 0 Å². The molecule has 0 aliphatic carbocycles. The summed E-state index contributed by atoms with van der Waals surface area (Å²) in [6.07, 6.45) is 3.46. The van der Waals surface area contributed by atoms with Gasteiger partial charge in [-0.3, -0.25) is 4.98 Å². The van der Waals surface area contributed by atoms with Crippen LogP contribution in [0.25, 0.3) is 11.1 Å². The van der Waals surface area contributed by atoms with Gasteiger partial charge in [0.25, 0.3) is 0 Å². The molecule has 1 radical (unpaired) electrons. The Morgan fingerprint density at radius 2 is 1.88 bits per heavy atom. The zero-order valence-corrected chi connectivity index (χ0v) is 9.23. The van der Waals surface area contributed by atoms with E-state index in [1.807, 2.05) is 18.2 Å². The van der Waals surface area contributed by atoms with Crippen LogP contribution in [0.15, 0.2) is 36.7 Å². The average Bonchev–Trinajstić information content (AvgIpc) is 2.38. The molecule has 1 aromatic heterocycles. The molecule has 16 heavy (non-hydrogen) atoms. The Morgan fingerprint density at radius 3 is 2.62 bits per heavy atom. The fourth-order valence-corrected chi connectivity index (χ4v) is 1.57. The first-order valence-corrected chi connectivity index (χ1v) is 4.89. The van der Waals surface area contributed by atoms with E-state index in [2.05, 4.69) is 11.1 Å². The van der Waals surface area contributed by atoms with Gasteiger partial charge in [0.2, 0.25) is 0 Å². The second kappa shape index (κ2) is 4.66. The number of rotatable bonds is 3. The van der Waals surface area contributed by atoms with Crippen molar-refractivity contribution in [1.29, 1.82) is 0 Å². The molecule has 1 heterocycles. The molecule has 1 aromatic carbocycles. The SMILES string of the molecule is COc1c[c]ccc1-c1cnccc1OC. The molecule has 3 heteroatoms. The molecule has 0 bridgehead atoms. The topological polar surface area (TPSA) is 31.4 Å². The van der Waals surface area contributed by atoms with E-state index in [1.54, 1.807) is 32.7 Å². The number of pyridine rings is 1. The van der Waals surface area contributed by atoms with E-state index >= 15 is 0 Å². The Kier molecular flexibility index (Phi) is 3.05. The molecule has 0 fully saturated rings. The van der Waals surface area contributed by atoms with Crippen molar-refractivity contribution in [1.82, 2.24) is 4.98 Å². The van der Waals surface area contributed by atoms with Crippen LogP contribution in [0.5, 0.6) is 11.5 Å². The summed E-state index contributed by atoms with van der Waals surface area (Å²) in [5.41, 5.74) is 1.86. The first kappa shape index (κ1) is 10.5. The molecular weight excluding hydrogens is 202 g/mol. The normalized spacial score (nSPS) is 9.88. The summed E-state index contributed by atoms with van der Waals surface area (Å²) in [4.78, 5) is 4.10. The van der Waals surface area contributed by atoms with Gasteiger partial charge in [0.05, 0.1) is 14.2 Å². The molecule has 81 valence electrons. The third-order valence-electron chi connectivity index (χ3n) is 2.34. The third kappa shape index (κ3) is 1.84.